The molecule has 0 aliphatic rings. The van der Waals surface area contributed by atoms with E-state index in [0.29, 0.717) is 28.6 Å². The van der Waals surface area contributed by atoms with Crippen LogP contribution >= 0.6 is 27.7 Å². The second kappa shape index (κ2) is 9.76. The quantitative estimate of drug-likeness (QED) is 0.511. The number of aromatic nitrogens is 4. The van der Waals surface area contributed by atoms with E-state index in [-0.39, 0.29) is 17.3 Å². The van der Waals surface area contributed by atoms with Gasteiger partial charge in [-0.15, -0.1) is 10.2 Å². The fourth-order valence-electron chi connectivity index (χ4n) is 2.40. The second-order valence-corrected chi connectivity index (χ2v) is 7.51. The fraction of sp³-hybridized carbons (Fsp3) is 0.222. The first-order chi connectivity index (χ1) is 13.6. The van der Waals surface area contributed by atoms with Crippen molar-refractivity contribution in [3.8, 4) is 11.4 Å². The number of halogens is 2. The molecule has 0 unspecified atom stereocenters. The number of nitrogens with one attached hydrogen (secondary N) is 1. The Hall–Kier alpha value is -2.30. The summed E-state index contributed by atoms with van der Waals surface area (Å²) in [6.07, 6.45) is 3.36. The van der Waals surface area contributed by atoms with Crippen LogP contribution < -0.4 is 5.32 Å². The molecule has 1 aromatic carbocycles. The lowest BCUT2D eigenvalue weighted by Gasteiger charge is -2.10. The SMILES string of the molecule is COCCn1c(SCC(=O)Nc2ccc(Br)cc2F)nnc1-c1ccncc1. The van der Waals surface area contributed by atoms with Gasteiger partial charge in [0.2, 0.25) is 5.91 Å². The van der Waals surface area contributed by atoms with Gasteiger partial charge in [-0.3, -0.25) is 14.3 Å². The van der Waals surface area contributed by atoms with Crippen LogP contribution in [-0.4, -0.2) is 45.1 Å². The zero-order valence-electron chi connectivity index (χ0n) is 14.9. The van der Waals surface area contributed by atoms with Crippen molar-refractivity contribution in [1.82, 2.24) is 19.7 Å². The van der Waals surface area contributed by atoms with Crippen LogP contribution in [0.25, 0.3) is 11.4 Å². The Morgan fingerprint density at radius 1 is 1.29 bits per heavy atom. The molecule has 0 spiro atoms. The molecule has 3 aromatic rings. The van der Waals surface area contributed by atoms with Crippen molar-refractivity contribution in [2.75, 3.05) is 24.8 Å². The summed E-state index contributed by atoms with van der Waals surface area (Å²) < 4.78 is 21.5. The Balaban J connectivity index is 1.71. The highest BCUT2D eigenvalue weighted by atomic mass is 79.9. The van der Waals surface area contributed by atoms with Crippen LogP contribution in [0.1, 0.15) is 0 Å². The van der Waals surface area contributed by atoms with Crippen LogP contribution in [0.4, 0.5) is 10.1 Å². The molecule has 0 bridgehead atoms. The number of thioether (sulfide) groups is 1. The molecule has 0 fully saturated rings. The summed E-state index contributed by atoms with van der Waals surface area (Å²) in [5.74, 6) is -0.105. The van der Waals surface area contributed by atoms with Crippen LogP contribution in [0.15, 0.2) is 52.4 Å². The van der Waals surface area contributed by atoms with E-state index in [2.05, 4.69) is 36.4 Å². The zero-order valence-corrected chi connectivity index (χ0v) is 17.3. The second-order valence-electron chi connectivity index (χ2n) is 5.65. The number of ether oxygens (including phenoxy) is 1. The highest BCUT2D eigenvalue weighted by Crippen LogP contribution is 2.24. The Morgan fingerprint density at radius 3 is 2.79 bits per heavy atom. The summed E-state index contributed by atoms with van der Waals surface area (Å²) in [6.45, 7) is 1.01. The summed E-state index contributed by atoms with van der Waals surface area (Å²) in [5.41, 5.74) is 0.999. The Labute approximate surface area is 173 Å². The molecule has 28 heavy (non-hydrogen) atoms. The van der Waals surface area contributed by atoms with Crippen LogP contribution in [-0.2, 0) is 16.1 Å². The van der Waals surface area contributed by atoms with Crippen molar-refractivity contribution in [3.63, 3.8) is 0 Å². The summed E-state index contributed by atoms with van der Waals surface area (Å²) in [6, 6.07) is 8.14. The van der Waals surface area contributed by atoms with Crippen LogP contribution in [0.5, 0.6) is 0 Å². The number of benzene rings is 1. The van der Waals surface area contributed by atoms with Crippen molar-refractivity contribution in [1.29, 1.82) is 0 Å². The largest absolute Gasteiger partial charge is 0.383 e. The number of pyridine rings is 1. The van der Waals surface area contributed by atoms with Gasteiger partial charge in [-0.1, -0.05) is 27.7 Å². The number of carbonyl (C=O) groups is 1. The fourth-order valence-corrected chi connectivity index (χ4v) is 3.50. The van der Waals surface area contributed by atoms with Crippen molar-refractivity contribution < 1.29 is 13.9 Å². The highest BCUT2D eigenvalue weighted by Gasteiger charge is 2.16. The van der Waals surface area contributed by atoms with Gasteiger partial charge >= 0.3 is 0 Å². The predicted molar refractivity (Wildman–Crippen MR) is 109 cm³/mol. The topological polar surface area (TPSA) is 81.9 Å². The Kier molecular flexibility index (Phi) is 7.12. The first-order valence-electron chi connectivity index (χ1n) is 8.28. The molecule has 0 atom stereocenters. The van der Waals surface area contributed by atoms with E-state index in [1.165, 1.54) is 23.9 Å². The predicted octanol–water partition coefficient (Wildman–Crippen LogP) is 3.62. The normalized spacial score (nSPS) is 10.8. The summed E-state index contributed by atoms with van der Waals surface area (Å²) in [4.78, 5) is 16.2. The molecule has 0 aliphatic heterocycles. The molecule has 0 saturated carbocycles. The molecule has 10 heteroatoms. The monoisotopic (exact) mass is 465 g/mol. The van der Waals surface area contributed by atoms with Crippen LogP contribution in [0.3, 0.4) is 0 Å². The lowest BCUT2D eigenvalue weighted by molar-refractivity contribution is -0.113. The van der Waals surface area contributed by atoms with Crippen LogP contribution in [0.2, 0.25) is 0 Å². The van der Waals surface area contributed by atoms with E-state index in [9.17, 15) is 9.18 Å². The molecule has 0 saturated heterocycles. The number of hydrogen-bond acceptors (Lipinski definition) is 6. The van der Waals surface area contributed by atoms with Gasteiger partial charge in [-0.25, -0.2) is 4.39 Å². The maximum absolute atomic E-state index is 13.9. The molecule has 3 rings (SSSR count). The molecular weight excluding hydrogens is 449 g/mol. The highest BCUT2D eigenvalue weighted by molar-refractivity contribution is 9.10. The number of amides is 1. The Bertz CT molecular complexity index is 954. The molecule has 7 nitrogen and oxygen atoms in total. The maximum atomic E-state index is 13.9. The van der Waals surface area contributed by atoms with Crippen molar-refractivity contribution >= 4 is 39.3 Å². The third-order valence-electron chi connectivity index (χ3n) is 3.71. The van der Waals surface area contributed by atoms with Gasteiger partial charge in [0, 0.05) is 29.5 Å². The van der Waals surface area contributed by atoms with Crippen molar-refractivity contribution in [2.24, 2.45) is 0 Å². The molecule has 0 radical (unpaired) electrons. The van der Waals surface area contributed by atoms with E-state index in [1.54, 1.807) is 25.6 Å². The number of hydrogen-bond donors (Lipinski definition) is 1. The maximum Gasteiger partial charge on any atom is 0.234 e. The van der Waals surface area contributed by atoms with E-state index >= 15 is 0 Å². The standard InChI is InChI=1S/C18H17BrFN5O2S/c1-27-9-8-25-17(12-4-6-21-7-5-12)23-24-18(25)28-11-16(26)22-15-3-2-13(19)10-14(15)20/h2-7,10H,8-9,11H2,1H3,(H,22,26). The van der Waals surface area contributed by atoms with E-state index < -0.39 is 5.82 Å². The lowest BCUT2D eigenvalue weighted by Crippen LogP contribution is -2.16. The number of carbonyl (C=O) groups excluding carboxylic acids is 1. The average Bonchev–Trinajstić information content (AvgIpc) is 3.10. The minimum Gasteiger partial charge on any atom is -0.383 e. The zero-order chi connectivity index (χ0) is 19.9. The average molecular weight is 466 g/mol. The third-order valence-corrected chi connectivity index (χ3v) is 5.17. The van der Waals surface area contributed by atoms with Crippen molar-refractivity contribution in [2.45, 2.75) is 11.7 Å². The molecule has 0 aliphatic carbocycles. The lowest BCUT2D eigenvalue weighted by atomic mass is 10.2. The molecule has 1 N–H and O–H groups in total. The Morgan fingerprint density at radius 2 is 2.07 bits per heavy atom. The van der Waals surface area contributed by atoms with Gasteiger partial charge in [-0.2, -0.15) is 0 Å². The number of nitrogens with zero attached hydrogens (tertiary/aromatic N) is 4. The summed E-state index contributed by atoms with van der Waals surface area (Å²) in [5, 5.41) is 11.6. The molecule has 2 heterocycles. The van der Waals surface area contributed by atoms with Crippen LogP contribution in [0, 0.1) is 5.82 Å². The van der Waals surface area contributed by atoms with E-state index in [1.807, 2.05) is 16.7 Å². The summed E-state index contributed by atoms with van der Waals surface area (Å²) in [7, 11) is 1.61. The van der Waals surface area contributed by atoms with Gasteiger partial charge in [-0.05, 0) is 30.3 Å². The molecule has 2 aromatic heterocycles. The smallest absolute Gasteiger partial charge is 0.234 e. The van der Waals surface area contributed by atoms with Gasteiger partial charge < -0.3 is 10.1 Å². The molecular formula is C18H17BrFN5O2S. The van der Waals surface area contributed by atoms with Crippen molar-refractivity contribution in [3.05, 3.63) is 53.0 Å². The van der Waals surface area contributed by atoms with E-state index in [0.717, 1.165) is 5.56 Å². The van der Waals surface area contributed by atoms with E-state index in [4.69, 9.17) is 4.74 Å². The third kappa shape index (κ3) is 5.15. The van der Waals surface area contributed by atoms with Gasteiger partial charge in [0.15, 0.2) is 11.0 Å². The minimum absolute atomic E-state index is 0.0664. The van der Waals surface area contributed by atoms with Gasteiger partial charge in [0.25, 0.3) is 0 Å². The van der Waals surface area contributed by atoms with Gasteiger partial charge in [0.1, 0.15) is 5.82 Å². The number of rotatable bonds is 8. The first-order valence-corrected chi connectivity index (χ1v) is 10.1. The molecule has 146 valence electrons. The van der Waals surface area contributed by atoms with Gasteiger partial charge in [0.05, 0.1) is 24.6 Å². The number of methoxy groups -OCH3 is 1. The number of anilines is 1. The first kappa shape index (κ1) is 20.4. The summed E-state index contributed by atoms with van der Waals surface area (Å²) >= 11 is 4.41. The minimum atomic E-state index is -0.504. The molecule has 1 amide bonds.